The Bertz CT molecular complexity index is 865. The molecule has 1 unspecified atom stereocenters. The van der Waals surface area contributed by atoms with E-state index in [1.807, 2.05) is 20.8 Å². The predicted molar refractivity (Wildman–Crippen MR) is 120 cm³/mol. The molecule has 1 atom stereocenters. The fourth-order valence-corrected chi connectivity index (χ4v) is 2.61. The van der Waals surface area contributed by atoms with Crippen LogP contribution in [0.2, 0.25) is 0 Å². The minimum absolute atomic E-state index is 0.0602. The van der Waals surface area contributed by atoms with Gasteiger partial charge in [-0.05, 0) is 62.2 Å². The van der Waals surface area contributed by atoms with Gasteiger partial charge in [0.25, 0.3) is 11.8 Å². The van der Waals surface area contributed by atoms with E-state index in [0.717, 1.165) is 18.5 Å². The summed E-state index contributed by atoms with van der Waals surface area (Å²) >= 11 is 0. The summed E-state index contributed by atoms with van der Waals surface area (Å²) in [6, 6.07) is 13.9. The van der Waals surface area contributed by atoms with Gasteiger partial charge in [0.2, 0.25) is 5.91 Å². The van der Waals surface area contributed by atoms with E-state index in [4.69, 9.17) is 0 Å². The van der Waals surface area contributed by atoms with Crippen molar-refractivity contribution >= 4 is 29.1 Å². The van der Waals surface area contributed by atoms with Gasteiger partial charge in [-0.2, -0.15) is 0 Å². The Morgan fingerprint density at radius 2 is 1.63 bits per heavy atom. The van der Waals surface area contributed by atoms with E-state index in [1.54, 1.807) is 48.5 Å². The van der Waals surface area contributed by atoms with Gasteiger partial charge in [0.05, 0.1) is 6.54 Å². The fraction of sp³-hybridized carbons (Fsp3) is 0.348. The van der Waals surface area contributed by atoms with Crippen LogP contribution in [0.5, 0.6) is 0 Å². The highest BCUT2D eigenvalue weighted by Crippen LogP contribution is 2.12. The SMILES string of the molecule is CCCNC(=O)c1cccc(NC(=O)CNc2ccc(C(=O)NC(C)CC)cc2)c1. The molecule has 2 aromatic carbocycles. The molecule has 0 saturated heterocycles. The highest BCUT2D eigenvalue weighted by atomic mass is 16.2. The molecule has 7 nitrogen and oxygen atoms in total. The Hall–Kier alpha value is -3.35. The van der Waals surface area contributed by atoms with Crippen molar-refractivity contribution < 1.29 is 14.4 Å². The van der Waals surface area contributed by atoms with Crippen LogP contribution in [0.25, 0.3) is 0 Å². The summed E-state index contributed by atoms with van der Waals surface area (Å²) < 4.78 is 0. The van der Waals surface area contributed by atoms with Gasteiger partial charge in [-0.15, -0.1) is 0 Å². The van der Waals surface area contributed by atoms with Crippen molar-refractivity contribution in [3.63, 3.8) is 0 Å². The van der Waals surface area contributed by atoms with Crippen molar-refractivity contribution in [3.8, 4) is 0 Å². The maximum atomic E-state index is 12.2. The highest BCUT2D eigenvalue weighted by molar-refractivity contribution is 5.98. The number of anilines is 2. The first kappa shape index (κ1) is 22.9. The first-order valence-electron chi connectivity index (χ1n) is 10.3. The van der Waals surface area contributed by atoms with E-state index >= 15 is 0 Å². The minimum Gasteiger partial charge on any atom is -0.376 e. The van der Waals surface area contributed by atoms with E-state index in [0.29, 0.717) is 23.4 Å². The lowest BCUT2D eigenvalue weighted by Crippen LogP contribution is -2.31. The lowest BCUT2D eigenvalue weighted by Gasteiger charge is -2.12. The van der Waals surface area contributed by atoms with Crippen LogP contribution in [0.3, 0.4) is 0 Å². The van der Waals surface area contributed by atoms with E-state index in [2.05, 4.69) is 21.3 Å². The topological polar surface area (TPSA) is 99.3 Å². The molecule has 4 N–H and O–H groups in total. The molecule has 0 saturated carbocycles. The van der Waals surface area contributed by atoms with Gasteiger partial charge in [-0.25, -0.2) is 0 Å². The predicted octanol–water partition coefficient (Wildman–Crippen LogP) is 3.41. The third-order valence-corrected chi connectivity index (χ3v) is 4.53. The summed E-state index contributed by atoms with van der Waals surface area (Å²) in [4.78, 5) is 36.4. The number of carbonyl (C=O) groups is 3. The molecule has 0 bridgehead atoms. The van der Waals surface area contributed by atoms with Crippen molar-refractivity contribution in [2.45, 2.75) is 39.7 Å². The normalized spacial score (nSPS) is 11.3. The average Bonchev–Trinajstić information content (AvgIpc) is 2.76. The molecule has 0 aliphatic heterocycles. The molecule has 30 heavy (non-hydrogen) atoms. The van der Waals surface area contributed by atoms with Crippen molar-refractivity contribution in [3.05, 3.63) is 59.7 Å². The molecular formula is C23H30N4O3. The maximum Gasteiger partial charge on any atom is 0.251 e. The number of hydrogen-bond acceptors (Lipinski definition) is 4. The number of rotatable bonds is 10. The lowest BCUT2D eigenvalue weighted by molar-refractivity contribution is -0.114. The zero-order chi connectivity index (χ0) is 21.9. The van der Waals surface area contributed by atoms with Crippen LogP contribution < -0.4 is 21.3 Å². The van der Waals surface area contributed by atoms with Crippen LogP contribution in [0.4, 0.5) is 11.4 Å². The summed E-state index contributed by atoms with van der Waals surface area (Å²) in [5.41, 5.74) is 2.37. The molecular weight excluding hydrogens is 380 g/mol. The quantitative estimate of drug-likeness (QED) is 0.482. The van der Waals surface area contributed by atoms with Crippen LogP contribution in [0, 0.1) is 0 Å². The van der Waals surface area contributed by atoms with E-state index in [1.165, 1.54) is 0 Å². The lowest BCUT2D eigenvalue weighted by atomic mass is 10.1. The maximum absolute atomic E-state index is 12.2. The third kappa shape index (κ3) is 7.24. The summed E-state index contributed by atoms with van der Waals surface area (Å²) in [6.45, 7) is 6.63. The molecule has 0 aromatic heterocycles. The number of amides is 3. The van der Waals surface area contributed by atoms with Gasteiger partial charge in [0, 0.05) is 35.1 Å². The molecule has 0 radical (unpaired) electrons. The Balaban J connectivity index is 1.86. The second-order valence-electron chi connectivity index (χ2n) is 7.10. The number of hydrogen-bond donors (Lipinski definition) is 4. The van der Waals surface area contributed by atoms with E-state index < -0.39 is 0 Å². The van der Waals surface area contributed by atoms with Crippen LogP contribution >= 0.6 is 0 Å². The molecule has 0 heterocycles. The second kappa shape index (κ2) is 11.6. The van der Waals surface area contributed by atoms with Crippen LogP contribution in [0.15, 0.2) is 48.5 Å². The van der Waals surface area contributed by atoms with Crippen molar-refractivity contribution in [1.82, 2.24) is 10.6 Å². The first-order chi connectivity index (χ1) is 14.4. The van der Waals surface area contributed by atoms with Gasteiger partial charge < -0.3 is 21.3 Å². The van der Waals surface area contributed by atoms with Gasteiger partial charge in [-0.3, -0.25) is 14.4 Å². The number of carbonyl (C=O) groups excluding carboxylic acids is 3. The molecule has 0 fully saturated rings. The Morgan fingerprint density at radius 1 is 0.900 bits per heavy atom. The Labute approximate surface area is 177 Å². The third-order valence-electron chi connectivity index (χ3n) is 4.53. The summed E-state index contributed by atoms with van der Waals surface area (Å²) in [7, 11) is 0. The van der Waals surface area contributed by atoms with E-state index in [9.17, 15) is 14.4 Å². The standard InChI is InChI=1S/C23H30N4O3/c1-4-13-24-22(29)18-7-6-8-20(14-18)27-21(28)15-25-19-11-9-17(10-12-19)23(30)26-16(3)5-2/h6-12,14,16,25H,4-5,13,15H2,1-3H3,(H,24,29)(H,26,30)(H,27,28). The van der Waals surface area contributed by atoms with Gasteiger partial charge >= 0.3 is 0 Å². The Morgan fingerprint density at radius 3 is 2.30 bits per heavy atom. The minimum atomic E-state index is -0.236. The molecule has 160 valence electrons. The van der Waals surface area contributed by atoms with Crippen molar-refractivity contribution in [1.29, 1.82) is 0 Å². The molecule has 0 spiro atoms. The summed E-state index contributed by atoms with van der Waals surface area (Å²) in [5.74, 6) is -0.514. The van der Waals surface area contributed by atoms with Gasteiger partial charge in [-0.1, -0.05) is 19.9 Å². The largest absolute Gasteiger partial charge is 0.376 e. The number of nitrogens with one attached hydrogen (secondary N) is 4. The smallest absolute Gasteiger partial charge is 0.251 e. The van der Waals surface area contributed by atoms with Crippen LogP contribution in [-0.4, -0.2) is 36.9 Å². The monoisotopic (exact) mass is 410 g/mol. The first-order valence-corrected chi connectivity index (χ1v) is 10.3. The zero-order valence-corrected chi connectivity index (χ0v) is 17.7. The summed E-state index contributed by atoms with van der Waals surface area (Å²) in [6.07, 6.45) is 1.73. The highest BCUT2D eigenvalue weighted by Gasteiger charge is 2.09. The zero-order valence-electron chi connectivity index (χ0n) is 17.7. The molecule has 0 aliphatic rings. The molecule has 2 rings (SSSR count). The molecule has 2 aromatic rings. The van der Waals surface area contributed by atoms with Crippen molar-refractivity contribution in [2.75, 3.05) is 23.7 Å². The van der Waals surface area contributed by atoms with Gasteiger partial charge in [0.1, 0.15) is 0 Å². The van der Waals surface area contributed by atoms with Gasteiger partial charge in [0.15, 0.2) is 0 Å². The summed E-state index contributed by atoms with van der Waals surface area (Å²) in [5, 5.41) is 11.5. The van der Waals surface area contributed by atoms with Crippen LogP contribution in [-0.2, 0) is 4.79 Å². The Kier molecular flexibility index (Phi) is 8.87. The molecule has 0 aliphatic carbocycles. The molecule has 7 heteroatoms. The van der Waals surface area contributed by atoms with Crippen molar-refractivity contribution in [2.24, 2.45) is 0 Å². The average molecular weight is 411 g/mol. The van der Waals surface area contributed by atoms with E-state index in [-0.39, 0.29) is 30.3 Å². The fourth-order valence-electron chi connectivity index (χ4n) is 2.61. The molecule has 3 amide bonds. The second-order valence-corrected chi connectivity index (χ2v) is 7.10. The number of benzene rings is 2. The van der Waals surface area contributed by atoms with Crippen LogP contribution in [0.1, 0.15) is 54.3 Å².